The number of primary amides is 1. The van der Waals surface area contributed by atoms with Gasteiger partial charge in [0, 0.05) is 32.6 Å². The summed E-state index contributed by atoms with van der Waals surface area (Å²) in [6.07, 6.45) is 3.85. The second-order valence-corrected chi connectivity index (χ2v) is 7.10. The van der Waals surface area contributed by atoms with Gasteiger partial charge in [-0.25, -0.2) is 0 Å². The number of ether oxygens (including phenoxy) is 1. The normalized spacial score (nSPS) is 17.3. The number of amides is 1. The van der Waals surface area contributed by atoms with Crippen LogP contribution in [-0.2, 0) is 4.79 Å². The van der Waals surface area contributed by atoms with E-state index < -0.39 is 0 Å². The number of para-hydroxylation sites is 1. The Morgan fingerprint density at radius 1 is 1.28 bits per heavy atom. The van der Waals surface area contributed by atoms with E-state index in [4.69, 9.17) is 10.5 Å². The molecule has 1 amide bonds. The van der Waals surface area contributed by atoms with Crippen LogP contribution in [0.25, 0.3) is 0 Å². The van der Waals surface area contributed by atoms with Crippen LogP contribution in [0.1, 0.15) is 32.6 Å². The van der Waals surface area contributed by atoms with E-state index in [-0.39, 0.29) is 35.8 Å². The first-order chi connectivity index (χ1) is 13.7. The van der Waals surface area contributed by atoms with Crippen LogP contribution in [0.5, 0.6) is 5.75 Å². The molecule has 1 aromatic rings. The monoisotopic (exact) mass is 517 g/mol. The summed E-state index contributed by atoms with van der Waals surface area (Å²) in [6.45, 7) is 7.94. The summed E-state index contributed by atoms with van der Waals surface area (Å²) >= 11 is 0. The maximum atomic E-state index is 11.4. The number of rotatable bonds is 11. The number of benzene rings is 1. The van der Waals surface area contributed by atoms with Gasteiger partial charge in [-0.05, 0) is 51.4 Å². The van der Waals surface area contributed by atoms with E-state index in [9.17, 15) is 4.79 Å². The van der Waals surface area contributed by atoms with Crippen LogP contribution in [0.15, 0.2) is 35.3 Å². The zero-order valence-electron chi connectivity index (χ0n) is 17.4. The number of likely N-dealkylation sites (tertiary alicyclic amines) is 1. The second kappa shape index (κ2) is 15.3. The first-order valence-corrected chi connectivity index (χ1v) is 10.4. The minimum Gasteiger partial charge on any atom is -0.494 e. The van der Waals surface area contributed by atoms with E-state index in [1.54, 1.807) is 0 Å². The lowest BCUT2D eigenvalue weighted by Crippen LogP contribution is -2.43. The van der Waals surface area contributed by atoms with Crippen LogP contribution in [0, 0.1) is 5.92 Å². The Morgan fingerprint density at radius 2 is 2.07 bits per heavy atom. The Balaban J connectivity index is 0.00000420. The quantitative estimate of drug-likeness (QED) is 0.181. The fourth-order valence-corrected chi connectivity index (χ4v) is 3.30. The minimum atomic E-state index is -0.166. The van der Waals surface area contributed by atoms with Crippen LogP contribution in [0.4, 0.5) is 0 Å². The summed E-state index contributed by atoms with van der Waals surface area (Å²) in [7, 11) is 0. The number of hydrogen-bond donors (Lipinski definition) is 3. The van der Waals surface area contributed by atoms with Crippen molar-refractivity contribution in [1.29, 1.82) is 0 Å². The van der Waals surface area contributed by atoms with Gasteiger partial charge in [0.15, 0.2) is 5.96 Å². The van der Waals surface area contributed by atoms with Gasteiger partial charge in [0.2, 0.25) is 5.91 Å². The summed E-state index contributed by atoms with van der Waals surface area (Å²) in [5.74, 6) is 1.59. The average Bonchev–Trinajstić information content (AvgIpc) is 2.71. The molecule has 0 aliphatic carbocycles. The molecule has 7 nitrogen and oxygen atoms in total. The van der Waals surface area contributed by atoms with Crippen molar-refractivity contribution in [2.45, 2.75) is 32.6 Å². The van der Waals surface area contributed by atoms with Gasteiger partial charge in [0.05, 0.1) is 12.5 Å². The molecule has 0 aromatic heterocycles. The number of carbonyl (C=O) groups excluding carboxylic acids is 1. The van der Waals surface area contributed by atoms with Gasteiger partial charge >= 0.3 is 0 Å². The Hall–Kier alpha value is -1.55. The fourth-order valence-electron chi connectivity index (χ4n) is 3.30. The van der Waals surface area contributed by atoms with Crippen molar-refractivity contribution in [2.24, 2.45) is 16.6 Å². The Labute approximate surface area is 191 Å². The number of hydrogen-bond acceptors (Lipinski definition) is 4. The minimum absolute atomic E-state index is 0. The van der Waals surface area contributed by atoms with Gasteiger partial charge < -0.3 is 26.0 Å². The predicted molar refractivity (Wildman–Crippen MR) is 129 cm³/mol. The predicted octanol–water partition coefficient (Wildman–Crippen LogP) is 2.22. The number of piperidine rings is 1. The van der Waals surface area contributed by atoms with E-state index >= 15 is 0 Å². The molecule has 1 aromatic carbocycles. The SMILES string of the molecule is CCNC(=NCCCOc1ccccc1)NCCCN1CCCC(C(N)=O)C1.I. The molecule has 1 aliphatic rings. The van der Waals surface area contributed by atoms with Gasteiger partial charge in [0.1, 0.15) is 5.75 Å². The zero-order valence-corrected chi connectivity index (χ0v) is 19.8. The Bertz CT molecular complexity index is 600. The lowest BCUT2D eigenvalue weighted by molar-refractivity contribution is -0.123. The van der Waals surface area contributed by atoms with Crippen LogP contribution in [0.2, 0.25) is 0 Å². The smallest absolute Gasteiger partial charge is 0.221 e. The third-order valence-electron chi connectivity index (χ3n) is 4.78. The number of nitrogens with two attached hydrogens (primary N) is 1. The van der Waals surface area contributed by atoms with Gasteiger partial charge in [-0.1, -0.05) is 18.2 Å². The Kier molecular flexibility index (Phi) is 13.5. The van der Waals surface area contributed by atoms with E-state index in [1.807, 2.05) is 30.3 Å². The topological polar surface area (TPSA) is 92.0 Å². The van der Waals surface area contributed by atoms with Crippen LogP contribution in [-0.4, -0.2) is 62.6 Å². The summed E-state index contributed by atoms with van der Waals surface area (Å²) in [6, 6.07) is 9.84. The second-order valence-electron chi connectivity index (χ2n) is 7.10. The molecule has 2 rings (SSSR count). The van der Waals surface area contributed by atoms with Crippen molar-refractivity contribution >= 4 is 35.8 Å². The number of halogens is 1. The van der Waals surface area contributed by atoms with Crippen molar-refractivity contribution < 1.29 is 9.53 Å². The maximum absolute atomic E-state index is 11.4. The highest BCUT2D eigenvalue weighted by Crippen LogP contribution is 2.15. The Morgan fingerprint density at radius 3 is 2.79 bits per heavy atom. The molecule has 164 valence electrons. The number of guanidine groups is 1. The molecule has 4 N–H and O–H groups in total. The molecule has 0 saturated carbocycles. The van der Waals surface area contributed by atoms with Crippen LogP contribution >= 0.6 is 24.0 Å². The summed E-state index contributed by atoms with van der Waals surface area (Å²) < 4.78 is 5.69. The third-order valence-corrected chi connectivity index (χ3v) is 4.78. The van der Waals surface area contributed by atoms with Crippen molar-refractivity contribution in [3.8, 4) is 5.75 Å². The molecule has 8 heteroatoms. The highest BCUT2D eigenvalue weighted by Gasteiger charge is 2.23. The van der Waals surface area contributed by atoms with Crippen molar-refractivity contribution in [3.63, 3.8) is 0 Å². The number of nitrogens with zero attached hydrogens (tertiary/aromatic N) is 2. The molecule has 1 unspecified atom stereocenters. The lowest BCUT2D eigenvalue weighted by Gasteiger charge is -2.31. The molecule has 0 bridgehead atoms. The van der Waals surface area contributed by atoms with Crippen LogP contribution < -0.4 is 21.1 Å². The zero-order chi connectivity index (χ0) is 20.0. The van der Waals surface area contributed by atoms with Crippen molar-refractivity contribution in [3.05, 3.63) is 30.3 Å². The maximum Gasteiger partial charge on any atom is 0.221 e. The molecule has 1 aliphatic heterocycles. The third kappa shape index (κ3) is 10.7. The lowest BCUT2D eigenvalue weighted by atomic mass is 9.97. The highest BCUT2D eigenvalue weighted by atomic mass is 127. The van der Waals surface area contributed by atoms with E-state index in [0.29, 0.717) is 13.2 Å². The molecule has 29 heavy (non-hydrogen) atoms. The average molecular weight is 517 g/mol. The first-order valence-electron chi connectivity index (χ1n) is 10.4. The molecule has 0 radical (unpaired) electrons. The standard InChI is InChI=1S/C21H35N5O2.HI/c1-2-23-21(25-13-8-16-28-19-10-4-3-5-11-19)24-12-7-15-26-14-6-9-18(17-26)20(22)27;/h3-5,10-11,18H,2,6-9,12-17H2,1H3,(H2,22,27)(H2,23,24,25);1H. The molecule has 1 heterocycles. The highest BCUT2D eigenvalue weighted by molar-refractivity contribution is 14.0. The van der Waals surface area contributed by atoms with Crippen molar-refractivity contribution in [2.75, 3.05) is 45.9 Å². The van der Waals surface area contributed by atoms with E-state index in [0.717, 1.165) is 70.1 Å². The molecule has 1 saturated heterocycles. The molecular weight excluding hydrogens is 481 g/mol. The largest absolute Gasteiger partial charge is 0.494 e. The van der Waals surface area contributed by atoms with Crippen molar-refractivity contribution in [1.82, 2.24) is 15.5 Å². The summed E-state index contributed by atoms with van der Waals surface area (Å²) in [4.78, 5) is 18.3. The van der Waals surface area contributed by atoms with E-state index in [2.05, 4.69) is 27.4 Å². The first kappa shape index (κ1) is 25.5. The number of aliphatic imine (C=N–C) groups is 1. The molecule has 1 atom stereocenters. The molecular formula is C21H36IN5O2. The van der Waals surface area contributed by atoms with Gasteiger partial charge in [-0.3, -0.25) is 9.79 Å². The fraction of sp³-hybridized carbons (Fsp3) is 0.619. The number of nitrogens with one attached hydrogen (secondary N) is 2. The van der Waals surface area contributed by atoms with Gasteiger partial charge in [-0.2, -0.15) is 0 Å². The van der Waals surface area contributed by atoms with E-state index in [1.165, 1.54) is 0 Å². The number of carbonyl (C=O) groups is 1. The molecule has 1 fully saturated rings. The van der Waals surface area contributed by atoms with Gasteiger partial charge in [0.25, 0.3) is 0 Å². The van der Waals surface area contributed by atoms with Gasteiger partial charge in [-0.15, -0.1) is 24.0 Å². The van der Waals surface area contributed by atoms with Crippen LogP contribution in [0.3, 0.4) is 0 Å². The summed E-state index contributed by atoms with van der Waals surface area (Å²) in [5.41, 5.74) is 5.45. The summed E-state index contributed by atoms with van der Waals surface area (Å²) in [5, 5.41) is 6.66. The molecule has 0 spiro atoms.